The lowest BCUT2D eigenvalue weighted by molar-refractivity contribution is 0.102. The SMILES string of the molecule is C=C/C(=C\C(F)=C/C)Cn1ncc2cc(C(=O)Nc3ccc(C)cc3N)ccc21. The van der Waals surface area contributed by atoms with Crippen LogP contribution in [-0.2, 0) is 6.54 Å². The Hall–Kier alpha value is -3.67. The number of hydrogen-bond donors (Lipinski definition) is 2. The van der Waals surface area contributed by atoms with Crippen LogP contribution in [0.5, 0.6) is 0 Å². The first-order valence-corrected chi connectivity index (χ1v) is 9.19. The first kappa shape index (κ1) is 20.1. The van der Waals surface area contributed by atoms with Crippen LogP contribution in [0.3, 0.4) is 0 Å². The van der Waals surface area contributed by atoms with Crippen molar-refractivity contribution in [3.63, 3.8) is 0 Å². The zero-order valence-electron chi connectivity index (χ0n) is 16.4. The van der Waals surface area contributed by atoms with Gasteiger partial charge in [0.2, 0.25) is 0 Å². The van der Waals surface area contributed by atoms with E-state index >= 15 is 0 Å². The van der Waals surface area contributed by atoms with Crippen LogP contribution in [0.25, 0.3) is 10.9 Å². The van der Waals surface area contributed by atoms with Gasteiger partial charge in [-0.25, -0.2) is 4.39 Å². The maximum Gasteiger partial charge on any atom is 0.255 e. The number of halogens is 1. The van der Waals surface area contributed by atoms with Gasteiger partial charge >= 0.3 is 0 Å². The van der Waals surface area contributed by atoms with Crippen LogP contribution in [-0.4, -0.2) is 15.7 Å². The lowest BCUT2D eigenvalue weighted by atomic mass is 10.1. The summed E-state index contributed by atoms with van der Waals surface area (Å²) in [6.45, 7) is 7.68. The average molecular weight is 390 g/mol. The van der Waals surface area contributed by atoms with E-state index in [9.17, 15) is 9.18 Å². The molecule has 3 N–H and O–H groups in total. The van der Waals surface area contributed by atoms with Crippen LogP contribution in [0.4, 0.5) is 15.8 Å². The molecule has 1 amide bonds. The molecule has 0 atom stereocenters. The molecule has 3 aromatic rings. The number of aromatic nitrogens is 2. The van der Waals surface area contributed by atoms with E-state index in [0.717, 1.165) is 16.5 Å². The van der Waals surface area contributed by atoms with Crippen molar-refractivity contribution in [1.82, 2.24) is 9.78 Å². The minimum absolute atomic E-state index is 0.253. The van der Waals surface area contributed by atoms with E-state index < -0.39 is 0 Å². The van der Waals surface area contributed by atoms with Crippen LogP contribution < -0.4 is 11.1 Å². The van der Waals surface area contributed by atoms with Gasteiger partial charge in [0.05, 0.1) is 29.6 Å². The molecule has 0 spiro atoms. The second-order valence-corrected chi connectivity index (χ2v) is 6.72. The first-order chi connectivity index (χ1) is 13.9. The van der Waals surface area contributed by atoms with Gasteiger partial charge in [0.1, 0.15) is 5.83 Å². The number of fused-ring (bicyclic) bond motifs is 1. The lowest BCUT2D eigenvalue weighted by Gasteiger charge is -2.09. The third-order valence-corrected chi connectivity index (χ3v) is 4.55. The zero-order valence-corrected chi connectivity index (χ0v) is 16.4. The average Bonchev–Trinajstić information content (AvgIpc) is 3.11. The number of amides is 1. The normalized spacial score (nSPS) is 12.2. The van der Waals surface area contributed by atoms with Crippen LogP contribution in [0, 0.1) is 6.92 Å². The highest BCUT2D eigenvalue weighted by Gasteiger charge is 2.11. The summed E-state index contributed by atoms with van der Waals surface area (Å²) in [6, 6.07) is 10.8. The molecule has 2 aromatic carbocycles. The zero-order chi connectivity index (χ0) is 21.0. The van der Waals surface area contributed by atoms with Gasteiger partial charge in [-0.1, -0.05) is 24.8 Å². The standard InChI is InChI=1S/C23H23FN4O/c1-4-16(11-19(24)5-2)14-28-22-9-7-17(12-18(22)13-26-28)23(29)27-21-8-6-15(3)10-20(21)25/h4-13H,1,14,25H2,2-3H3,(H,27,29)/b16-11+,19-5+. The molecule has 5 nitrogen and oxygen atoms in total. The van der Waals surface area contributed by atoms with Gasteiger partial charge in [-0.2, -0.15) is 5.10 Å². The molecule has 29 heavy (non-hydrogen) atoms. The van der Waals surface area contributed by atoms with Crippen LogP contribution >= 0.6 is 0 Å². The molecule has 3 rings (SSSR count). The molecule has 0 radical (unpaired) electrons. The topological polar surface area (TPSA) is 72.9 Å². The summed E-state index contributed by atoms with van der Waals surface area (Å²) < 4.78 is 15.3. The Labute approximate surface area is 169 Å². The highest BCUT2D eigenvalue weighted by molar-refractivity contribution is 6.07. The quantitative estimate of drug-likeness (QED) is 0.451. The Morgan fingerprint density at radius 3 is 2.79 bits per heavy atom. The van der Waals surface area contributed by atoms with E-state index in [4.69, 9.17) is 5.73 Å². The van der Waals surface area contributed by atoms with Crippen molar-refractivity contribution in [2.45, 2.75) is 20.4 Å². The summed E-state index contributed by atoms with van der Waals surface area (Å²) in [5.74, 6) is -0.581. The van der Waals surface area contributed by atoms with Crippen molar-refractivity contribution in [2.24, 2.45) is 0 Å². The molecule has 0 aliphatic carbocycles. The second kappa shape index (κ2) is 8.56. The number of allylic oxidation sites excluding steroid dienone is 5. The molecule has 0 fully saturated rings. The highest BCUT2D eigenvalue weighted by atomic mass is 19.1. The number of hydrogen-bond acceptors (Lipinski definition) is 3. The fourth-order valence-electron chi connectivity index (χ4n) is 2.95. The third kappa shape index (κ3) is 4.60. The Balaban J connectivity index is 1.83. The molecule has 0 bridgehead atoms. The molecule has 0 aliphatic heterocycles. The van der Waals surface area contributed by atoms with Crippen molar-refractivity contribution in [3.05, 3.63) is 89.9 Å². The highest BCUT2D eigenvalue weighted by Crippen LogP contribution is 2.22. The van der Waals surface area contributed by atoms with Crippen LogP contribution in [0.2, 0.25) is 0 Å². The molecule has 148 valence electrons. The van der Waals surface area contributed by atoms with Gasteiger partial charge in [0.25, 0.3) is 5.91 Å². The molecule has 0 saturated heterocycles. The minimum atomic E-state index is -0.328. The van der Waals surface area contributed by atoms with Gasteiger partial charge < -0.3 is 11.1 Å². The molecule has 0 unspecified atom stereocenters. The maximum absolute atomic E-state index is 13.5. The van der Waals surface area contributed by atoms with Gasteiger partial charge in [0.15, 0.2) is 0 Å². The lowest BCUT2D eigenvalue weighted by Crippen LogP contribution is -2.13. The van der Waals surface area contributed by atoms with Crippen LogP contribution in [0.15, 0.2) is 78.8 Å². The number of anilines is 2. The molecule has 1 aromatic heterocycles. The van der Waals surface area contributed by atoms with E-state index in [2.05, 4.69) is 17.0 Å². The minimum Gasteiger partial charge on any atom is -0.397 e. The van der Waals surface area contributed by atoms with E-state index in [1.54, 1.807) is 42.1 Å². The van der Waals surface area contributed by atoms with Crippen molar-refractivity contribution in [1.29, 1.82) is 0 Å². The number of carbonyl (C=O) groups is 1. The fourth-order valence-corrected chi connectivity index (χ4v) is 2.95. The van der Waals surface area contributed by atoms with Gasteiger partial charge in [-0.05, 0) is 61.4 Å². The largest absolute Gasteiger partial charge is 0.397 e. The molecular weight excluding hydrogens is 367 g/mol. The Morgan fingerprint density at radius 1 is 1.31 bits per heavy atom. The smallest absolute Gasteiger partial charge is 0.255 e. The van der Waals surface area contributed by atoms with Crippen molar-refractivity contribution in [3.8, 4) is 0 Å². The number of nitrogens with two attached hydrogens (primary N) is 1. The van der Waals surface area contributed by atoms with Gasteiger partial charge in [-0.15, -0.1) is 0 Å². The van der Waals surface area contributed by atoms with Crippen molar-refractivity contribution < 1.29 is 9.18 Å². The Morgan fingerprint density at radius 2 is 2.10 bits per heavy atom. The number of benzene rings is 2. The third-order valence-electron chi connectivity index (χ3n) is 4.55. The molecular formula is C23H23FN4O. The summed E-state index contributed by atoms with van der Waals surface area (Å²) in [7, 11) is 0. The number of nitrogen functional groups attached to an aromatic ring is 1. The molecule has 0 aliphatic rings. The van der Waals surface area contributed by atoms with Crippen molar-refractivity contribution in [2.75, 3.05) is 11.1 Å². The molecule has 1 heterocycles. The molecule has 0 saturated carbocycles. The number of rotatable bonds is 6. The first-order valence-electron chi connectivity index (χ1n) is 9.19. The van der Waals surface area contributed by atoms with Gasteiger partial charge in [-0.3, -0.25) is 9.48 Å². The van der Waals surface area contributed by atoms with E-state index in [1.165, 1.54) is 12.2 Å². The predicted octanol–water partition coefficient (Wildman–Crippen LogP) is 5.16. The monoisotopic (exact) mass is 390 g/mol. The number of carbonyl (C=O) groups excluding carboxylic acids is 1. The van der Waals surface area contributed by atoms with Gasteiger partial charge in [0, 0.05) is 10.9 Å². The summed E-state index contributed by atoms with van der Waals surface area (Å²) in [5, 5.41) is 8.00. The number of nitrogens with zero attached hydrogens (tertiary/aromatic N) is 2. The fraction of sp³-hybridized carbons (Fsp3) is 0.130. The maximum atomic E-state index is 13.5. The number of aryl methyl sites for hydroxylation is 1. The Kier molecular flexibility index (Phi) is 5.93. The van der Waals surface area contributed by atoms with E-state index in [0.29, 0.717) is 29.1 Å². The second-order valence-electron chi connectivity index (χ2n) is 6.72. The predicted molar refractivity (Wildman–Crippen MR) is 116 cm³/mol. The van der Waals surface area contributed by atoms with E-state index in [1.807, 2.05) is 25.1 Å². The summed E-state index contributed by atoms with van der Waals surface area (Å²) >= 11 is 0. The number of nitrogens with one attached hydrogen (secondary N) is 1. The summed E-state index contributed by atoms with van der Waals surface area (Å²) in [6.07, 6.45) is 6.09. The summed E-state index contributed by atoms with van der Waals surface area (Å²) in [4.78, 5) is 12.6. The Bertz CT molecular complexity index is 1140. The summed E-state index contributed by atoms with van der Waals surface area (Å²) in [5.41, 5.74) is 10.1. The van der Waals surface area contributed by atoms with Crippen molar-refractivity contribution >= 4 is 28.2 Å². The van der Waals surface area contributed by atoms with E-state index in [-0.39, 0.29) is 11.7 Å². The van der Waals surface area contributed by atoms with Crippen LogP contribution in [0.1, 0.15) is 22.8 Å². The molecule has 6 heteroatoms.